The van der Waals surface area contributed by atoms with Gasteiger partial charge in [-0.3, -0.25) is 4.98 Å². The number of anilines is 1. The summed E-state index contributed by atoms with van der Waals surface area (Å²) in [4.78, 5) is 7.61. The number of fused-ring (bicyclic) bond motifs is 1. The van der Waals surface area contributed by atoms with Crippen LogP contribution >= 0.6 is 11.6 Å². The molecule has 3 aromatic rings. The Bertz CT molecular complexity index is 689. The van der Waals surface area contributed by atoms with Gasteiger partial charge < -0.3 is 10.7 Å². The fraction of sp³-hybridized carbons (Fsp3) is 0.0714. The highest BCUT2D eigenvalue weighted by atomic mass is 35.5. The van der Waals surface area contributed by atoms with Crippen LogP contribution in [0.3, 0.4) is 0 Å². The molecular formula is C14H12ClN3. The van der Waals surface area contributed by atoms with Crippen LogP contribution in [-0.2, 0) is 6.42 Å². The standard InChI is InChI=1S/C14H12ClN3/c15-14-11-7-9(16)4-5-12(11)18-13(14)8-10-3-1-2-6-17-10/h1-7,18H,8,16H2. The number of hydrogen-bond donors (Lipinski definition) is 2. The summed E-state index contributed by atoms with van der Waals surface area (Å²) in [6.45, 7) is 0. The predicted octanol–water partition coefficient (Wildman–Crippen LogP) is 3.39. The van der Waals surface area contributed by atoms with E-state index in [0.29, 0.717) is 12.1 Å². The topological polar surface area (TPSA) is 54.7 Å². The number of nitrogens with two attached hydrogens (primary N) is 1. The molecule has 2 heterocycles. The Labute approximate surface area is 110 Å². The molecule has 0 fully saturated rings. The highest BCUT2D eigenvalue weighted by Gasteiger charge is 2.10. The lowest BCUT2D eigenvalue weighted by atomic mass is 10.2. The molecule has 1 aromatic carbocycles. The third-order valence-corrected chi connectivity index (χ3v) is 3.35. The molecule has 0 saturated heterocycles. The molecule has 0 aliphatic carbocycles. The highest BCUT2D eigenvalue weighted by molar-refractivity contribution is 6.36. The summed E-state index contributed by atoms with van der Waals surface area (Å²) in [5.41, 5.74) is 9.44. The lowest BCUT2D eigenvalue weighted by molar-refractivity contribution is 1.04. The Morgan fingerprint density at radius 1 is 1.22 bits per heavy atom. The number of pyridine rings is 1. The van der Waals surface area contributed by atoms with Gasteiger partial charge in [-0.05, 0) is 30.3 Å². The molecule has 0 aliphatic rings. The van der Waals surface area contributed by atoms with E-state index in [4.69, 9.17) is 17.3 Å². The number of H-pyrrole nitrogens is 1. The van der Waals surface area contributed by atoms with Crippen molar-refractivity contribution in [1.29, 1.82) is 0 Å². The van der Waals surface area contributed by atoms with E-state index in [1.54, 1.807) is 6.20 Å². The molecule has 18 heavy (non-hydrogen) atoms. The smallest absolute Gasteiger partial charge is 0.0696 e. The number of nitrogens with one attached hydrogen (secondary N) is 1. The van der Waals surface area contributed by atoms with Crippen molar-refractivity contribution in [2.24, 2.45) is 0 Å². The molecule has 3 nitrogen and oxygen atoms in total. The van der Waals surface area contributed by atoms with E-state index in [0.717, 1.165) is 27.3 Å². The van der Waals surface area contributed by atoms with Crippen LogP contribution < -0.4 is 5.73 Å². The lowest BCUT2D eigenvalue weighted by Crippen LogP contribution is -1.91. The zero-order valence-corrected chi connectivity index (χ0v) is 10.4. The van der Waals surface area contributed by atoms with E-state index in [9.17, 15) is 0 Å². The number of aromatic nitrogens is 2. The van der Waals surface area contributed by atoms with Crippen LogP contribution in [0.4, 0.5) is 5.69 Å². The van der Waals surface area contributed by atoms with Crippen LogP contribution in [0.2, 0.25) is 5.02 Å². The van der Waals surface area contributed by atoms with Gasteiger partial charge in [0.2, 0.25) is 0 Å². The van der Waals surface area contributed by atoms with Crippen molar-refractivity contribution in [3.8, 4) is 0 Å². The maximum absolute atomic E-state index is 6.36. The Morgan fingerprint density at radius 2 is 2.11 bits per heavy atom. The Balaban J connectivity index is 2.05. The molecular weight excluding hydrogens is 246 g/mol. The molecule has 0 aliphatic heterocycles. The lowest BCUT2D eigenvalue weighted by Gasteiger charge is -1.98. The maximum atomic E-state index is 6.36. The highest BCUT2D eigenvalue weighted by Crippen LogP contribution is 2.30. The zero-order valence-electron chi connectivity index (χ0n) is 9.65. The molecule has 0 bridgehead atoms. The Hall–Kier alpha value is -2.00. The zero-order chi connectivity index (χ0) is 12.5. The van der Waals surface area contributed by atoms with Gasteiger partial charge in [-0.25, -0.2) is 0 Å². The minimum Gasteiger partial charge on any atom is -0.399 e. The molecule has 2 aromatic heterocycles. The summed E-state index contributed by atoms with van der Waals surface area (Å²) >= 11 is 6.36. The minimum atomic E-state index is 0.689. The summed E-state index contributed by atoms with van der Waals surface area (Å²) in [6, 6.07) is 11.5. The second-order valence-electron chi connectivity index (χ2n) is 4.22. The van der Waals surface area contributed by atoms with Crippen molar-refractivity contribution >= 4 is 28.2 Å². The van der Waals surface area contributed by atoms with E-state index >= 15 is 0 Å². The Morgan fingerprint density at radius 3 is 2.89 bits per heavy atom. The minimum absolute atomic E-state index is 0.689. The van der Waals surface area contributed by atoms with Crippen LogP contribution in [0.25, 0.3) is 10.9 Å². The molecule has 4 heteroatoms. The summed E-state index contributed by atoms with van der Waals surface area (Å²) in [5, 5.41) is 1.69. The summed E-state index contributed by atoms with van der Waals surface area (Å²) in [7, 11) is 0. The van der Waals surface area contributed by atoms with E-state index in [1.807, 2.05) is 36.4 Å². The van der Waals surface area contributed by atoms with Gasteiger partial charge in [-0.15, -0.1) is 0 Å². The quantitative estimate of drug-likeness (QED) is 0.692. The molecule has 90 valence electrons. The number of nitrogens with zero attached hydrogens (tertiary/aromatic N) is 1. The van der Waals surface area contributed by atoms with Gasteiger partial charge in [-0.1, -0.05) is 17.7 Å². The van der Waals surface area contributed by atoms with Crippen LogP contribution in [0.5, 0.6) is 0 Å². The summed E-state index contributed by atoms with van der Waals surface area (Å²) < 4.78 is 0. The van der Waals surface area contributed by atoms with E-state index in [1.165, 1.54) is 0 Å². The molecule has 0 unspecified atom stereocenters. The molecule has 3 rings (SSSR count). The fourth-order valence-corrected chi connectivity index (χ4v) is 2.31. The third-order valence-electron chi connectivity index (χ3n) is 2.91. The Kier molecular flexibility index (Phi) is 2.68. The normalized spacial score (nSPS) is 10.9. The molecule has 0 amide bonds. The van der Waals surface area contributed by atoms with E-state index < -0.39 is 0 Å². The number of benzene rings is 1. The van der Waals surface area contributed by atoms with Gasteiger partial charge >= 0.3 is 0 Å². The van der Waals surface area contributed by atoms with Crippen molar-refractivity contribution in [2.45, 2.75) is 6.42 Å². The number of rotatable bonds is 2. The van der Waals surface area contributed by atoms with Crippen molar-refractivity contribution in [3.05, 3.63) is 59.0 Å². The number of halogens is 1. The SMILES string of the molecule is Nc1ccc2[nH]c(Cc3ccccn3)c(Cl)c2c1. The van der Waals surface area contributed by atoms with Crippen LogP contribution in [0.15, 0.2) is 42.6 Å². The van der Waals surface area contributed by atoms with E-state index in [-0.39, 0.29) is 0 Å². The number of nitrogen functional groups attached to an aromatic ring is 1. The van der Waals surface area contributed by atoms with Gasteiger partial charge in [-0.2, -0.15) is 0 Å². The largest absolute Gasteiger partial charge is 0.399 e. The maximum Gasteiger partial charge on any atom is 0.0696 e. The van der Waals surface area contributed by atoms with Crippen LogP contribution in [-0.4, -0.2) is 9.97 Å². The third kappa shape index (κ3) is 1.93. The average Bonchev–Trinajstić information content (AvgIpc) is 2.68. The average molecular weight is 258 g/mol. The molecule has 0 radical (unpaired) electrons. The van der Waals surface area contributed by atoms with Gasteiger partial charge in [0.1, 0.15) is 0 Å². The fourth-order valence-electron chi connectivity index (χ4n) is 2.04. The van der Waals surface area contributed by atoms with Crippen molar-refractivity contribution < 1.29 is 0 Å². The summed E-state index contributed by atoms with van der Waals surface area (Å²) in [5.74, 6) is 0. The van der Waals surface area contributed by atoms with Gasteiger partial charge in [0, 0.05) is 40.6 Å². The first kappa shape index (κ1) is 11.1. The van der Waals surface area contributed by atoms with Crippen molar-refractivity contribution in [2.75, 3.05) is 5.73 Å². The van der Waals surface area contributed by atoms with Gasteiger partial charge in [0.15, 0.2) is 0 Å². The van der Waals surface area contributed by atoms with Crippen LogP contribution in [0.1, 0.15) is 11.4 Å². The van der Waals surface area contributed by atoms with Crippen molar-refractivity contribution in [1.82, 2.24) is 9.97 Å². The van der Waals surface area contributed by atoms with Crippen molar-refractivity contribution in [3.63, 3.8) is 0 Å². The molecule has 0 saturated carbocycles. The summed E-state index contributed by atoms with van der Waals surface area (Å²) in [6.07, 6.45) is 2.47. The second-order valence-corrected chi connectivity index (χ2v) is 4.60. The first-order valence-corrected chi connectivity index (χ1v) is 6.07. The second kappa shape index (κ2) is 4.35. The molecule has 3 N–H and O–H groups in total. The first-order chi connectivity index (χ1) is 8.74. The van der Waals surface area contributed by atoms with Gasteiger partial charge in [0.25, 0.3) is 0 Å². The first-order valence-electron chi connectivity index (χ1n) is 5.69. The molecule has 0 atom stereocenters. The van der Waals surface area contributed by atoms with E-state index in [2.05, 4.69) is 9.97 Å². The molecule has 0 spiro atoms. The number of aromatic amines is 1. The predicted molar refractivity (Wildman–Crippen MR) is 74.8 cm³/mol. The van der Waals surface area contributed by atoms with Crippen LogP contribution in [0, 0.1) is 0 Å². The van der Waals surface area contributed by atoms with Gasteiger partial charge in [0.05, 0.1) is 5.02 Å². The number of hydrogen-bond acceptors (Lipinski definition) is 2. The monoisotopic (exact) mass is 257 g/mol.